The fourth-order valence-corrected chi connectivity index (χ4v) is 7.32. The molecule has 0 bridgehead atoms. The molecule has 8 N–H and O–H groups in total. The van der Waals surface area contributed by atoms with Crippen molar-refractivity contribution in [1.29, 1.82) is 0 Å². The van der Waals surface area contributed by atoms with Gasteiger partial charge in [-0.15, -0.1) is 16.5 Å². The molecule has 0 radical (unpaired) electrons. The molecule has 0 aliphatic carbocycles. The topological polar surface area (TPSA) is 229 Å². The molecule has 186 valence electrons. The lowest BCUT2D eigenvalue weighted by Gasteiger charge is -2.19. The van der Waals surface area contributed by atoms with Gasteiger partial charge in [-0.2, -0.15) is 5.11 Å². The van der Waals surface area contributed by atoms with Gasteiger partial charge in [0.25, 0.3) is 0 Å². The van der Waals surface area contributed by atoms with Crippen molar-refractivity contribution in [2.45, 2.75) is 22.4 Å². The number of sulfonamides is 2. The van der Waals surface area contributed by atoms with E-state index in [2.05, 4.69) is 24.9 Å². The predicted octanol–water partition coefficient (Wildman–Crippen LogP) is -0.163. The molecule has 4 rings (SSSR count). The van der Waals surface area contributed by atoms with Crippen molar-refractivity contribution >= 4 is 47.4 Å². The summed E-state index contributed by atoms with van der Waals surface area (Å²) in [7, 11) is -9.15. The summed E-state index contributed by atoms with van der Waals surface area (Å²) in [5, 5.41) is 23.3. The highest BCUT2D eigenvalue weighted by Gasteiger charge is 2.34. The molecule has 1 atom stereocenters. The minimum absolute atomic E-state index is 0.0634. The second-order valence-corrected chi connectivity index (χ2v) is 11.7. The first-order valence-electron chi connectivity index (χ1n) is 10.1. The van der Waals surface area contributed by atoms with Crippen LogP contribution in [-0.2, 0) is 26.6 Å². The zero-order chi connectivity index (χ0) is 25.4. The molecule has 0 spiro atoms. The third-order valence-electron chi connectivity index (χ3n) is 5.12. The molecule has 3 aromatic rings. The third-order valence-corrected chi connectivity index (χ3v) is 8.85. The van der Waals surface area contributed by atoms with E-state index in [4.69, 9.17) is 16.6 Å². The lowest BCUT2D eigenvalue weighted by atomic mass is 9.98. The fourth-order valence-electron chi connectivity index (χ4n) is 3.60. The molecular weight excluding hydrogens is 516 g/mol. The Hall–Kier alpha value is -2.70. The zero-order valence-corrected chi connectivity index (χ0v) is 20.6. The maximum atomic E-state index is 13.2. The Morgan fingerprint density at radius 3 is 2.49 bits per heavy atom. The molecule has 16 heteroatoms. The quantitative estimate of drug-likeness (QED) is 0.245. The molecule has 2 aromatic carbocycles. The number of rotatable bonds is 9. The van der Waals surface area contributed by atoms with Gasteiger partial charge in [0.05, 0.1) is 28.4 Å². The van der Waals surface area contributed by atoms with Gasteiger partial charge in [-0.1, -0.05) is 18.2 Å². The number of thiazole rings is 1. The van der Waals surface area contributed by atoms with Gasteiger partial charge >= 0.3 is 0 Å². The van der Waals surface area contributed by atoms with E-state index in [9.17, 15) is 21.9 Å². The number of primary sulfonamides is 1. The maximum absolute atomic E-state index is 13.2. The van der Waals surface area contributed by atoms with Crippen LogP contribution in [0, 0.1) is 0 Å². The standard InChI is InChI=1S/C19H22N8O5S3/c20-6-10(8-28)27-35(31,32)14-5-4-11(12-2-1-3-13-17(12)25-15(7-21)33-13)16(18(14)34(22,29)30)19-23-9-24-26-19/h1-5,10,27-28H,6-9,20-21H2,(H2,22,29,30)/t10-/m0/s1. The minimum Gasteiger partial charge on any atom is -0.395 e. The molecule has 1 aromatic heterocycles. The van der Waals surface area contributed by atoms with Crippen molar-refractivity contribution in [3.63, 3.8) is 0 Å². The number of hydrogen-bond acceptors (Lipinski definition) is 12. The summed E-state index contributed by atoms with van der Waals surface area (Å²) < 4.78 is 55.1. The Kier molecular flexibility index (Phi) is 7.07. The lowest BCUT2D eigenvalue weighted by molar-refractivity contribution is 0.259. The number of benzene rings is 2. The Labute approximate surface area is 204 Å². The molecule has 0 saturated carbocycles. The number of aliphatic hydroxyl groups excluding tert-OH is 1. The van der Waals surface area contributed by atoms with Crippen LogP contribution in [0.2, 0.25) is 0 Å². The third kappa shape index (κ3) is 4.87. The van der Waals surface area contributed by atoms with E-state index < -0.39 is 42.5 Å². The van der Waals surface area contributed by atoms with E-state index >= 15 is 0 Å². The van der Waals surface area contributed by atoms with Crippen LogP contribution in [0.25, 0.3) is 21.3 Å². The van der Waals surface area contributed by atoms with E-state index in [1.54, 1.807) is 12.1 Å². The number of aromatic nitrogens is 1. The normalized spacial score (nSPS) is 15.0. The van der Waals surface area contributed by atoms with Crippen LogP contribution in [0.5, 0.6) is 0 Å². The Bertz CT molecular complexity index is 1560. The van der Waals surface area contributed by atoms with Crippen LogP contribution in [0.3, 0.4) is 0 Å². The maximum Gasteiger partial charge on any atom is 0.242 e. The highest BCUT2D eigenvalue weighted by molar-refractivity contribution is 7.92. The first-order chi connectivity index (χ1) is 16.6. The second-order valence-electron chi connectivity index (χ2n) is 7.43. The molecule has 2 heterocycles. The second kappa shape index (κ2) is 9.75. The van der Waals surface area contributed by atoms with E-state index in [-0.39, 0.29) is 31.2 Å². The summed E-state index contributed by atoms with van der Waals surface area (Å²) in [5.74, 6) is -0.0927. The Balaban J connectivity index is 2.08. The largest absolute Gasteiger partial charge is 0.395 e. The van der Waals surface area contributed by atoms with E-state index in [0.717, 1.165) is 10.8 Å². The number of nitrogens with one attached hydrogen (secondary N) is 1. The van der Waals surface area contributed by atoms with Crippen LogP contribution < -0.4 is 21.3 Å². The summed E-state index contributed by atoms with van der Waals surface area (Å²) in [6, 6.07) is 6.82. The minimum atomic E-state index is -4.65. The molecule has 1 aliphatic heterocycles. The Morgan fingerprint density at radius 1 is 1.11 bits per heavy atom. The van der Waals surface area contributed by atoms with Gasteiger partial charge in [-0.25, -0.2) is 36.7 Å². The van der Waals surface area contributed by atoms with E-state index in [1.165, 1.54) is 17.4 Å². The monoisotopic (exact) mass is 538 g/mol. The van der Waals surface area contributed by atoms with Crippen molar-refractivity contribution < 1.29 is 21.9 Å². The van der Waals surface area contributed by atoms with E-state index in [1.807, 2.05) is 6.07 Å². The smallest absolute Gasteiger partial charge is 0.242 e. The van der Waals surface area contributed by atoms with Crippen LogP contribution in [0.1, 0.15) is 10.6 Å². The van der Waals surface area contributed by atoms with E-state index in [0.29, 0.717) is 21.7 Å². The summed E-state index contributed by atoms with van der Waals surface area (Å²) in [4.78, 5) is 7.34. The van der Waals surface area contributed by atoms with Gasteiger partial charge in [0.1, 0.15) is 14.8 Å². The van der Waals surface area contributed by atoms with Gasteiger partial charge in [0, 0.05) is 18.7 Å². The fraction of sp³-hybridized carbons (Fsp3) is 0.263. The summed E-state index contributed by atoms with van der Waals surface area (Å²) in [6.07, 6.45) is 0. The predicted molar refractivity (Wildman–Crippen MR) is 131 cm³/mol. The first-order valence-corrected chi connectivity index (χ1v) is 14.0. The number of hydrogen-bond donors (Lipinski definition) is 5. The number of para-hydroxylation sites is 1. The molecule has 0 fully saturated rings. The van der Waals surface area contributed by atoms with Crippen molar-refractivity contribution in [3.05, 3.63) is 40.9 Å². The molecule has 0 saturated heterocycles. The molecule has 13 nitrogen and oxygen atoms in total. The molecule has 35 heavy (non-hydrogen) atoms. The average Bonchev–Trinajstić information content (AvgIpc) is 3.50. The highest BCUT2D eigenvalue weighted by atomic mass is 32.2. The molecule has 0 amide bonds. The summed E-state index contributed by atoms with van der Waals surface area (Å²) >= 11 is 1.38. The van der Waals surface area contributed by atoms with Crippen molar-refractivity contribution in [2.75, 3.05) is 19.8 Å². The van der Waals surface area contributed by atoms with Crippen LogP contribution in [0.15, 0.2) is 55.3 Å². The number of nitrogens with two attached hydrogens (primary N) is 3. The summed E-state index contributed by atoms with van der Waals surface area (Å²) in [5.41, 5.74) is 12.5. The number of aliphatic hydroxyl groups is 1. The van der Waals surface area contributed by atoms with Gasteiger partial charge < -0.3 is 16.6 Å². The number of azo groups is 1. The van der Waals surface area contributed by atoms with Gasteiger partial charge in [-0.05, 0) is 17.7 Å². The lowest BCUT2D eigenvalue weighted by Crippen LogP contribution is -2.43. The number of fused-ring (bicyclic) bond motifs is 1. The highest BCUT2D eigenvalue weighted by Crippen LogP contribution is 2.38. The number of nitrogens with zero attached hydrogens (tertiary/aromatic N) is 4. The van der Waals surface area contributed by atoms with Crippen LogP contribution in [0.4, 0.5) is 0 Å². The van der Waals surface area contributed by atoms with Gasteiger partial charge in [0.2, 0.25) is 20.0 Å². The molecule has 1 aliphatic rings. The Morgan fingerprint density at radius 2 is 1.89 bits per heavy atom. The molecule has 0 unspecified atom stereocenters. The van der Waals surface area contributed by atoms with Crippen molar-refractivity contribution in [2.24, 2.45) is 31.8 Å². The average molecular weight is 539 g/mol. The van der Waals surface area contributed by atoms with Crippen molar-refractivity contribution in [3.8, 4) is 11.1 Å². The van der Waals surface area contributed by atoms with Crippen molar-refractivity contribution in [1.82, 2.24) is 9.71 Å². The number of amidine groups is 1. The van der Waals surface area contributed by atoms with Crippen LogP contribution in [-0.4, -0.2) is 58.6 Å². The van der Waals surface area contributed by atoms with Gasteiger partial charge in [-0.3, -0.25) is 0 Å². The first kappa shape index (κ1) is 25.4. The SMILES string of the molecule is NCc1nc2c(-c3ccc(S(=O)(=O)N[C@@H](CN)CO)c(S(N)(=O)=O)c3C3=NCN=N3)cccc2s1. The molecular formula is C19H22N8O5S3. The van der Waals surface area contributed by atoms with Gasteiger partial charge in [0.15, 0.2) is 12.5 Å². The van der Waals surface area contributed by atoms with Crippen LogP contribution >= 0.6 is 11.3 Å². The zero-order valence-electron chi connectivity index (χ0n) is 18.1. The number of aliphatic imine (C=N–C) groups is 1. The summed E-state index contributed by atoms with van der Waals surface area (Å²) in [6.45, 7) is -0.666.